The van der Waals surface area contributed by atoms with Crippen molar-refractivity contribution in [1.29, 1.82) is 0 Å². The summed E-state index contributed by atoms with van der Waals surface area (Å²) in [5.41, 5.74) is 0. The SMILES string of the molecule is CCN(CC)C(=S)Oc1cnccc1[Si](C)(C)C. The fourth-order valence-corrected chi connectivity index (χ4v) is 3.50. The minimum atomic E-state index is -1.44. The van der Waals surface area contributed by atoms with Gasteiger partial charge in [-0.05, 0) is 37.3 Å². The monoisotopic (exact) mass is 282 g/mol. The molecule has 0 aliphatic carbocycles. The van der Waals surface area contributed by atoms with E-state index >= 15 is 0 Å². The van der Waals surface area contributed by atoms with Crippen LogP contribution in [-0.2, 0) is 0 Å². The quantitative estimate of drug-likeness (QED) is 0.626. The highest BCUT2D eigenvalue weighted by molar-refractivity contribution is 7.80. The second-order valence-corrected chi connectivity index (χ2v) is 10.6. The Morgan fingerprint density at radius 1 is 1.33 bits per heavy atom. The van der Waals surface area contributed by atoms with E-state index in [1.54, 1.807) is 6.20 Å². The van der Waals surface area contributed by atoms with E-state index in [2.05, 4.69) is 38.5 Å². The van der Waals surface area contributed by atoms with Crippen LogP contribution in [0.3, 0.4) is 0 Å². The molecule has 0 fully saturated rings. The van der Waals surface area contributed by atoms with Crippen LogP contribution >= 0.6 is 12.2 Å². The third-order valence-electron chi connectivity index (χ3n) is 2.81. The molecule has 0 radical (unpaired) electrons. The van der Waals surface area contributed by atoms with Gasteiger partial charge in [-0.2, -0.15) is 0 Å². The van der Waals surface area contributed by atoms with Gasteiger partial charge < -0.3 is 9.64 Å². The zero-order chi connectivity index (χ0) is 13.8. The van der Waals surface area contributed by atoms with Gasteiger partial charge in [-0.15, -0.1) is 0 Å². The normalized spacial score (nSPS) is 11.2. The lowest BCUT2D eigenvalue weighted by molar-refractivity contribution is 0.379. The molecule has 100 valence electrons. The Balaban J connectivity index is 2.95. The standard InChI is InChI=1S/C13H22N2OSSi/c1-6-15(7-2)13(17)16-11-10-14-9-8-12(11)18(3,4)5/h8-10H,6-7H2,1-5H3. The molecule has 5 heteroatoms. The van der Waals surface area contributed by atoms with Crippen molar-refractivity contribution >= 4 is 30.7 Å². The maximum absolute atomic E-state index is 5.85. The summed E-state index contributed by atoms with van der Waals surface area (Å²) in [6.07, 6.45) is 3.59. The number of ether oxygens (including phenoxy) is 1. The Morgan fingerprint density at radius 2 is 1.94 bits per heavy atom. The van der Waals surface area contributed by atoms with Crippen molar-refractivity contribution in [3.05, 3.63) is 18.5 Å². The van der Waals surface area contributed by atoms with Gasteiger partial charge in [0.2, 0.25) is 0 Å². The van der Waals surface area contributed by atoms with Crippen molar-refractivity contribution < 1.29 is 4.74 Å². The summed E-state index contributed by atoms with van der Waals surface area (Å²) in [4.78, 5) is 6.17. The highest BCUT2D eigenvalue weighted by atomic mass is 32.1. The Labute approximate surface area is 116 Å². The van der Waals surface area contributed by atoms with E-state index in [9.17, 15) is 0 Å². The predicted molar refractivity (Wildman–Crippen MR) is 83.4 cm³/mol. The first kappa shape index (κ1) is 15.1. The Hall–Kier alpha value is -0.943. The number of hydrogen-bond acceptors (Lipinski definition) is 3. The van der Waals surface area contributed by atoms with Crippen molar-refractivity contribution in [2.75, 3.05) is 13.1 Å². The Morgan fingerprint density at radius 3 is 2.44 bits per heavy atom. The molecule has 1 aromatic rings. The molecule has 0 aromatic carbocycles. The molecule has 0 saturated carbocycles. The number of rotatable bonds is 4. The molecule has 0 saturated heterocycles. The molecule has 1 heterocycles. The molecule has 0 bridgehead atoms. The van der Waals surface area contributed by atoms with Crippen LogP contribution in [0.25, 0.3) is 0 Å². The van der Waals surface area contributed by atoms with Crippen LogP contribution in [0, 0.1) is 0 Å². The summed E-state index contributed by atoms with van der Waals surface area (Å²) in [5, 5.41) is 1.79. The van der Waals surface area contributed by atoms with E-state index in [-0.39, 0.29) is 0 Å². The molecule has 18 heavy (non-hydrogen) atoms. The lowest BCUT2D eigenvalue weighted by Gasteiger charge is -2.24. The van der Waals surface area contributed by atoms with Gasteiger partial charge in [0.05, 0.1) is 14.3 Å². The molecular weight excluding hydrogens is 260 g/mol. The summed E-state index contributed by atoms with van der Waals surface area (Å²) in [6.45, 7) is 12.7. The molecule has 0 N–H and O–H groups in total. The van der Waals surface area contributed by atoms with Crippen LogP contribution in [0.5, 0.6) is 5.75 Å². The first-order chi connectivity index (χ1) is 8.40. The minimum Gasteiger partial charge on any atom is -0.430 e. The molecule has 0 amide bonds. The molecule has 0 atom stereocenters. The second-order valence-electron chi connectivity index (χ2n) is 5.16. The van der Waals surface area contributed by atoms with Gasteiger partial charge in [-0.25, -0.2) is 0 Å². The van der Waals surface area contributed by atoms with E-state index in [1.807, 2.05) is 17.2 Å². The summed E-state index contributed by atoms with van der Waals surface area (Å²) in [7, 11) is -1.44. The van der Waals surface area contributed by atoms with Crippen molar-refractivity contribution in [3.63, 3.8) is 0 Å². The highest BCUT2D eigenvalue weighted by Gasteiger charge is 2.22. The second kappa shape index (κ2) is 6.29. The smallest absolute Gasteiger partial charge is 0.264 e. The van der Waals surface area contributed by atoms with Gasteiger partial charge in [-0.3, -0.25) is 4.98 Å². The molecule has 3 nitrogen and oxygen atoms in total. The number of thiocarbonyl (C=S) groups is 1. The van der Waals surface area contributed by atoms with Crippen molar-refractivity contribution in [2.24, 2.45) is 0 Å². The number of pyridine rings is 1. The third-order valence-corrected chi connectivity index (χ3v) is 5.18. The van der Waals surface area contributed by atoms with Gasteiger partial charge >= 0.3 is 0 Å². The number of aromatic nitrogens is 1. The van der Waals surface area contributed by atoms with E-state index in [0.29, 0.717) is 5.17 Å². The van der Waals surface area contributed by atoms with Crippen LogP contribution in [-0.4, -0.2) is 36.2 Å². The fourth-order valence-electron chi connectivity index (χ4n) is 1.72. The average Bonchev–Trinajstić information content (AvgIpc) is 2.30. The summed E-state index contributed by atoms with van der Waals surface area (Å²) in [6, 6.07) is 2.05. The molecule has 0 aliphatic rings. The van der Waals surface area contributed by atoms with E-state index in [0.717, 1.165) is 18.8 Å². The lowest BCUT2D eigenvalue weighted by atomic mass is 10.4. The van der Waals surface area contributed by atoms with Crippen LogP contribution in [0.15, 0.2) is 18.5 Å². The Kier molecular flexibility index (Phi) is 5.28. The zero-order valence-electron chi connectivity index (χ0n) is 11.9. The van der Waals surface area contributed by atoms with Gasteiger partial charge in [0, 0.05) is 19.3 Å². The van der Waals surface area contributed by atoms with E-state index < -0.39 is 8.07 Å². The number of nitrogens with zero attached hydrogens (tertiary/aromatic N) is 2. The topological polar surface area (TPSA) is 25.4 Å². The van der Waals surface area contributed by atoms with E-state index in [1.165, 1.54) is 5.19 Å². The molecular formula is C13H22N2OSSi. The van der Waals surface area contributed by atoms with Crippen LogP contribution in [0.2, 0.25) is 19.6 Å². The summed E-state index contributed by atoms with van der Waals surface area (Å²) < 4.78 is 5.85. The molecule has 0 spiro atoms. The predicted octanol–water partition coefficient (Wildman–Crippen LogP) is 2.63. The molecule has 0 unspecified atom stereocenters. The molecule has 1 aromatic heterocycles. The molecule has 0 aliphatic heterocycles. The van der Waals surface area contributed by atoms with Gasteiger partial charge in [0.25, 0.3) is 5.17 Å². The average molecular weight is 282 g/mol. The van der Waals surface area contributed by atoms with E-state index in [4.69, 9.17) is 17.0 Å². The first-order valence-electron chi connectivity index (χ1n) is 6.31. The van der Waals surface area contributed by atoms with Crippen molar-refractivity contribution in [2.45, 2.75) is 33.5 Å². The summed E-state index contributed by atoms with van der Waals surface area (Å²) >= 11 is 5.33. The first-order valence-corrected chi connectivity index (χ1v) is 10.2. The fraction of sp³-hybridized carbons (Fsp3) is 0.538. The van der Waals surface area contributed by atoms with Crippen LogP contribution < -0.4 is 9.92 Å². The van der Waals surface area contributed by atoms with Gasteiger partial charge in [0.1, 0.15) is 5.75 Å². The number of hydrogen-bond donors (Lipinski definition) is 0. The summed E-state index contributed by atoms with van der Waals surface area (Å²) in [5.74, 6) is 0.813. The van der Waals surface area contributed by atoms with Crippen LogP contribution in [0.4, 0.5) is 0 Å². The largest absolute Gasteiger partial charge is 0.430 e. The minimum absolute atomic E-state index is 0.535. The lowest BCUT2D eigenvalue weighted by Crippen LogP contribution is -2.41. The molecule has 1 rings (SSSR count). The van der Waals surface area contributed by atoms with Gasteiger partial charge in [0.15, 0.2) is 0 Å². The van der Waals surface area contributed by atoms with Gasteiger partial charge in [-0.1, -0.05) is 19.6 Å². The third kappa shape index (κ3) is 3.78. The maximum Gasteiger partial charge on any atom is 0.264 e. The van der Waals surface area contributed by atoms with Crippen molar-refractivity contribution in [1.82, 2.24) is 9.88 Å². The van der Waals surface area contributed by atoms with Crippen molar-refractivity contribution in [3.8, 4) is 5.75 Å². The maximum atomic E-state index is 5.85. The zero-order valence-corrected chi connectivity index (χ0v) is 13.7. The van der Waals surface area contributed by atoms with Crippen LogP contribution in [0.1, 0.15) is 13.8 Å². The Bertz CT molecular complexity index is 414. The highest BCUT2D eigenvalue weighted by Crippen LogP contribution is 2.14.